The van der Waals surface area contributed by atoms with Crippen LogP contribution in [0.4, 0.5) is 0 Å². The number of hydrogen-bond acceptors (Lipinski definition) is 0. The lowest BCUT2D eigenvalue weighted by atomic mass is 9.89. The quantitative estimate of drug-likeness (QED) is 0.200. The van der Waals surface area contributed by atoms with Crippen molar-refractivity contribution in [3.63, 3.8) is 0 Å². The van der Waals surface area contributed by atoms with Gasteiger partial charge in [-0.1, -0.05) is 127 Å². The minimum atomic E-state index is 1.17. The first-order valence-electron chi connectivity index (χ1n) is 14.1. The molecule has 0 heterocycles. The molecular weight excluding hydrogens is 396 g/mol. The van der Waals surface area contributed by atoms with Crippen LogP contribution in [0.15, 0.2) is 42.5 Å². The maximum atomic E-state index is 3.60. The number of hydrogen-bond donors (Lipinski definition) is 0. The van der Waals surface area contributed by atoms with Crippen LogP contribution in [0.2, 0.25) is 0 Å². The normalized spacial score (nSPS) is 11.5. The molecule has 0 aromatic heterocycles. The van der Waals surface area contributed by atoms with Gasteiger partial charge >= 0.3 is 0 Å². The molecule has 2 rings (SSSR count). The Morgan fingerprint density at radius 2 is 1.39 bits per heavy atom. The van der Waals surface area contributed by atoms with Crippen LogP contribution in [0.3, 0.4) is 0 Å². The molecule has 0 aliphatic rings. The van der Waals surface area contributed by atoms with Gasteiger partial charge in [0.2, 0.25) is 0 Å². The van der Waals surface area contributed by atoms with Gasteiger partial charge in [-0.05, 0) is 78.5 Å². The maximum absolute atomic E-state index is 3.60. The zero-order valence-electron chi connectivity index (χ0n) is 21.9. The minimum Gasteiger partial charge on any atom is -0.0839 e. The van der Waals surface area contributed by atoms with Crippen molar-refractivity contribution < 1.29 is 0 Å². The van der Waals surface area contributed by atoms with E-state index in [0.717, 1.165) is 0 Å². The highest BCUT2D eigenvalue weighted by Gasteiger charge is 2.10. The van der Waals surface area contributed by atoms with Crippen LogP contribution in [0.5, 0.6) is 0 Å². The molecule has 0 unspecified atom stereocenters. The van der Waals surface area contributed by atoms with E-state index in [1.54, 1.807) is 5.56 Å². The average Bonchev–Trinajstić information content (AvgIpc) is 2.84. The lowest BCUT2D eigenvalue weighted by Gasteiger charge is -2.15. The molecule has 1 radical (unpaired) electrons. The molecule has 0 atom stereocenters. The largest absolute Gasteiger partial charge is 0.0839 e. The third kappa shape index (κ3) is 10.8. The molecule has 0 aliphatic heterocycles. The summed E-state index contributed by atoms with van der Waals surface area (Å²) in [5, 5.41) is 0. The zero-order valence-corrected chi connectivity index (χ0v) is 21.9. The lowest BCUT2D eigenvalue weighted by molar-refractivity contribution is 0.592. The monoisotopic (exact) mass is 445 g/mol. The Morgan fingerprint density at radius 1 is 0.697 bits per heavy atom. The predicted molar refractivity (Wildman–Crippen MR) is 149 cm³/mol. The van der Waals surface area contributed by atoms with E-state index < -0.39 is 0 Å². The molecule has 0 nitrogen and oxygen atoms in total. The number of unbranched alkanes of at least 4 members (excludes halogenated alkanes) is 11. The average molecular weight is 446 g/mol. The van der Waals surface area contributed by atoms with Gasteiger partial charge in [-0.15, -0.1) is 0 Å². The molecule has 0 amide bonds. The smallest absolute Gasteiger partial charge is 0.0146 e. The van der Waals surface area contributed by atoms with E-state index in [1.165, 1.54) is 125 Å². The molecule has 0 aliphatic carbocycles. The lowest BCUT2D eigenvalue weighted by Crippen LogP contribution is -1.99. The van der Waals surface area contributed by atoms with Gasteiger partial charge < -0.3 is 0 Å². The fraction of sp³-hybridized carbons (Fsp3) is 0.576. The summed E-state index contributed by atoms with van der Waals surface area (Å²) in [6.45, 7) is 6.87. The number of rotatable bonds is 18. The first kappa shape index (κ1) is 27.4. The summed E-state index contributed by atoms with van der Waals surface area (Å²) in [6.07, 6.45) is 25.6. The minimum absolute atomic E-state index is 1.17. The first-order chi connectivity index (χ1) is 16.3. The fourth-order valence-corrected chi connectivity index (χ4v) is 4.69. The van der Waals surface area contributed by atoms with Crippen molar-refractivity contribution in [2.45, 2.75) is 124 Å². The molecule has 0 saturated heterocycles. The van der Waals surface area contributed by atoms with E-state index in [4.69, 9.17) is 0 Å². The molecule has 2 aromatic carbocycles. The Morgan fingerprint density at radius 3 is 2.15 bits per heavy atom. The Hall–Kier alpha value is -1.82. The zero-order chi connectivity index (χ0) is 23.6. The molecule has 0 saturated carbocycles. The molecule has 33 heavy (non-hydrogen) atoms. The van der Waals surface area contributed by atoms with E-state index >= 15 is 0 Å². The van der Waals surface area contributed by atoms with E-state index in [0.29, 0.717) is 0 Å². The maximum Gasteiger partial charge on any atom is -0.0146 e. The summed E-state index contributed by atoms with van der Waals surface area (Å²) in [7, 11) is 0. The van der Waals surface area contributed by atoms with Crippen molar-refractivity contribution in [2.75, 3.05) is 0 Å². The molecule has 2 aromatic rings. The van der Waals surface area contributed by atoms with Crippen LogP contribution in [-0.2, 0) is 12.8 Å². The second-order valence-electron chi connectivity index (χ2n) is 9.70. The summed E-state index contributed by atoms with van der Waals surface area (Å²) < 4.78 is 0. The van der Waals surface area contributed by atoms with Crippen LogP contribution < -0.4 is 0 Å². The highest BCUT2D eigenvalue weighted by Crippen LogP contribution is 2.30. The Bertz CT molecular complexity index is 782. The molecule has 0 heteroatoms. The van der Waals surface area contributed by atoms with Crippen LogP contribution in [0.1, 0.15) is 127 Å². The summed E-state index contributed by atoms with van der Waals surface area (Å²) in [5.41, 5.74) is 7.12. The van der Waals surface area contributed by atoms with Crippen molar-refractivity contribution in [1.29, 1.82) is 0 Å². The SMILES string of the molecule is CCCCCCCCCC=Cc1cccc(-c2cc[c]c(CCCCCC)c2CCCC)c1. The topological polar surface area (TPSA) is 0 Å². The van der Waals surface area contributed by atoms with Crippen LogP contribution in [0.25, 0.3) is 17.2 Å². The predicted octanol–water partition coefficient (Wildman–Crippen LogP) is 10.8. The van der Waals surface area contributed by atoms with Crippen molar-refractivity contribution in [1.82, 2.24) is 0 Å². The highest BCUT2D eigenvalue weighted by molar-refractivity contribution is 5.71. The van der Waals surface area contributed by atoms with Gasteiger partial charge in [-0.2, -0.15) is 0 Å². The number of allylic oxidation sites excluding steroid dienone is 1. The van der Waals surface area contributed by atoms with Crippen LogP contribution in [0, 0.1) is 6.07 Å². The van der Waals surface area contributed by atoms with Gasteiger partial charge in [-0.25, -0.2) is 0 Å². The van der Waals surface area contributed by atoms with Crippen molar-refractivity contribution >= 4 is 6.08 Å². The van der Waals surface area contributed by atoms with Gasteiger partial charge in [0, 0.05) is 0 Å². The van der Waals surface area contributed by atoms with Crippen molar-refractivity contribution in [2.24, 2.45) is 0 Å². The number of benzene rings is 2. The third-order valence-corrected chi connectivity index (χ3v) is 6.74. The van der Waals surface area contributed by atoms with E-state index in [2.05, 4.69) is 75.4 Å². The summed E-state index contributed by atoms with van der Waals surface area (Å²) in [6, 6.07) is 17.2. The fourth-order valence-electron chi connectivity index (χ4n) is 4.69. The van der Waals surface area contributed by atoms with Gasteiger partial charge in [-0.3, -0.25) is 0 Å². The summed E-state index contributed by atoms with van der Waals surface area (Å²) >= 11 is 0. The second kappa shape index (κ2) is 17.6. The van der Waals surface area contributed by atoms with Gasteiger partial charge in [0.1, 0.15) is 0 Å². The van der Waals surface area contributed by atoms with E-state index in [1.807, 2.05) is 0 Å². The Kier molecular flexibility index (Phi) is 14.7. The van der Waals surface area contributed by atoms with E-state index in [-0.39, 0.29) is 0 Å². The summed E-state index contributed by atoms with van der Waals surface area (Å²) in [4.78, 5) is 0. The highest BCUT2D eigenvalue weighted by atomic mass is 14.1. The molecule has 0 N–H and O–H groups in total. The second-order valence-corrected chi connectivity index (χ2v) is 9.70. The molecular formula is C33H49. The Labute approximate surface area is 205 Å². The van der Waals surface area contributed by atoms with Crippen LogP contribution in [-0.4, -0.2) is 0 Å². The third-order valence-electron chi connectivity index (χ3n) is 6.74. The van der Waals surface area contributed by atoms with Crippen LogP contribution >= 0.6 is 0 Å². The molecule has 0 bridgehead atoms. The standard InChI is InChI=1S/C33H49/c1-4-7-10-12-13-14-15-16-17-21-29-22-19-25-31(28-29)33-27-20-24-30(23-18-11-8-5-2)32(33)26-9-6-3/h17,19-22,25,27-28H,4-16,18,23,26H2,1-3H3. The number of aryl methyl sites for hydroxylation is 1. The van der Waals surface area contributed by atoms with Gasteiger partial charge in [0.05, 0.1) is 0 Å². The summed E-state index contributed by atoms with van der Waals surface area (Å²) in [5.74, 6) is 0. The Balaban J connectivity index is 2.02. The van der Waals surface area contributed by atoms with E-state index in [9.17, 15) is 0 Å². The first-order valence-corrected chi connectivity index (χ1v) is 14.1. The van der Waals surface area contributed by atoms with Gasteiger partial charge in [0.15, 0.2) is 0 Å². The van der Waals surface area contributed by atoms with Crippen molar-refractivity contribution in [3.05, 3.63) is 65.2 Å². The molecule has 0 fully saturated rings. The van der Waals surface area contributed by atoms with Crippen molar-refractivity contribution in [3.8, 4) is 11.1 Å². The van der Waals surface area contributed by atoms with Gasteiger partial charge in [0.25, 0.3) is 0 Å². The molecule has 0 spiro atoms. The molecule has 181 valence electrons.